The molecule has 5 rings (SSSR count). The van der Waals surface area contributed by atoms with Gasteiger partial charge >= 0.3 is 0 Å². The van der Waals surface area contributed by atoms with Crippen molar-refractivity contribution < 1.29 is 0 Å². The average Bonchev–Trinajstić information content (AvgIpc) is 3.16. The highest BCUT2D eigenvalue weighted by Gasteiger charge is 2.14. The smallest absolute Gasteiger partial charge is 0.160 e. The Labute approximate surface area is 283 Å². The summed E-state index contributed by atoms with van der Waals surface area (Å²) < 4.78 is 0. The fraction of sp³-hybridized carbons (Fsp3) is 0. The van der Waals surface area contributed by atoms with Gasteiger partial charge in [-0.15, -0.1) is 9.81 Å². The number of nitrogens with two attached hydrogens (primary N) is 4. The number of anilines is 1. The van der Waals surface area contributed by atoms with Crippen molar-refractivity contribution in [2.75, 3.05) is 5.73 Å². The van der Waals surface area contributed by atoms with Gasteiger partial charge in [-0.1, -0.05) is 172 Å². The molecule has 5 aromatic rings. The number of hydrogen-bond donors (Lipinski definition) is 4. The highest BCUT2D eigenvalue weighted by molar-refractivity contribution is 5.87. The molecule has 0 amide bonds. The number of nitroso groups, excluding NO2 is 2. The van der Waals surface area contributed by atoms with Crippen molar-refractivity contribution in [3.8, 4) is 0 Å². The summed E-state index contributed by atoms with van der Waals surface area (Å²) in [5, 5.41) is 5.22. The lowest BCUT2D eigenvalue weighted by molar-refractivity contribution is 1.23. The van der Waals surface area contributed by atoms with Crippen molar-refractivity contribution >= 4 is 47.1 Å². The van der Waals surface area contributed by atoms with E-state index in [1.165, 1.54) is 34.4 Å². The van der Waals surface area contributed by atoms with Crippen molar-refractivity contribution in [3.63, 3.8) is 0 Å². The molecule has 244 valence electrons. The SMILES string of the molecule is C=Cc1ccccc1.C=Cc1ccccc1.C=Cc1ccccc1.C=Cc1ccccc1.NC(N)=C(N)c1ccc(N=O)c(N=O)c1N. The van der Waals surface area contributed by atoms with Gasteiger partial charge in [-0.25, -0.2) is 0 Å². The molecule has 8 nitrogen and oxygen atoms in total. The molecule has 5 aromatic carbocycles. The second-order valence-electron chi connectivity index (χ2n) is 9.41. The van der Waals surface area contributed by atoms with Gasteiger partial charge in [0.25, 0.3) is 0 Å². The lowest BCUT2D eigenvalue weighted by Crippen LogP contribution is -2.16. The highest BCUT2D eigenvalue weighted by atomic mass is 16.3. The minimum absolute atomic E-state index is 0.0137. The number of rotatable bonds is 7. The van der Waals surface area contributed by atoms with Gasteiger partial charge in [0, 0.05) is 5.56 Å². The van der Waals surface area contributed by atoms with Gasteiger partial charge in [-0.05, 0) is 44.7 Å². The Morgan fingerprint density at radius 3 is 1.00 bits per heavy atom. The van der Waals surface area contributed by atoms with Crippen LogP contribution in [0.3, 0.4) is 0 Å². The molecular weight excluding hydrogens is 596 g/mol. The fourth-order valence-corrected chi connectivity index (χ4v) is 3.51. The predicted octanol–water partition coefficient (Wildman–Crippen LogP) is 9.89. The third-order valence-corrected chi connectivity index (χ3v) is 6.13. The van der Waals surface area contributed by atoms with Crippen LogP contribution in [-0.2, 0) is 0 Å². The molecular formula is C40H42N6O2. The van der Waals surface area contributed by atoms with Crippen LogP contribution in [0.4, 0.5) is 17.1 Å². The zero-order chi connectivity index (χ0) is 35.6. The monoisotopic (exact) mass is 638 g/mol. The van der Waals surface area contributed by atoms with Crippen LogP contribution in [0.25, 0.3) is 30.0 Å². The standard InChI is InChI=1S/C8H10N6O2.4C8H8/c9-5-3(6(10)8(11)12)1-2-4(13-15)7(5)14-16;4*1-2-8-6-4-3-5-7-8/h1-2H,9-12H2;4*2-7H,1H2. The maximum Gasteiger partial charge on any atom is 0.160 e. The van der Waals surface area contributed by atoms with E-state index in [4.69, 9.17) is 22.9 Å². The molecule has 0 aliphatic heterocycles. The van der Waals surface area contributed by atoms with Gasteiger partial charge in [-0.3, -0.25) is 0 Å². The van der Waals surface area contributed by atoms with Crippen LogP contribution in [0.2, 0.25) is 0 Å². The van der Waals surface area contributed by atoms with Gasteiger partial charge in [0.15, 0.2) is 5.69 Å². The molecule has 0 bridgehead atoms. The first kappa shape index (κ1) is 39.2. The Bertz CT molecular complexity index is 1560. The van der Waals surface area contributed by atoms with Crippen LogP contribution in [0.15, 0.2) is 176 Å². The first-order chi connectivity index (χ1) is 23.3. The molecule has 0 aliphatic carbocycles. The second kappa shape index (κ2) is 23.6. The summed E-state index contributed by atoms with van der Waals surface area (Å²) in [5.74, 6) is -0.143. The van der Waals surface area contributed by atoms with E-state index in [1.54, 1.807) is 0 Å². The Morgan fingerprint density at radius 2 is 0.792 bits per heavy atom. The summed E-state index contributed by atoms with van der Waals surface area (Å²) in [7, 11) is 0. The van der Waals surface area contributed by atoms with Gasteiger partial charge in [-0.2, -0.15) is 0 Å². The molecule has 8 N–H and O–H groups in total. The van der Waals surface area contributed by atoms with E-state index in [2.05, 4.69) is 36.7 Å². The summed E-state index contributed by atoms with van der Waals surface area (Å²) in [4.78, 5) is 20.9. The molecule has 0 heterocycles. The zero-order valence-corrected chi connectivity index (χ0v) is 26.9. The molecule has 0 atom stereocenters. The Balaban J connectivity index is 0.000000312. The van der Waals surface area contributed by atoms with Crippen LogP contribution in [0.1, 0.15) is 27.8 Å². The van der Waals surface area contributed by atoms with Crippen LogP contribution in [0, 0.1) is 9.81 Å². The van der Waals surface area contributed by atoms with E-state index >= 15 is 0 Å². The first-order valence-electron chi connectivity index (χ1n) is 14.6. The van der Waals surface area contributed by atoms with E-state index in [0.29, 0.717) is 0 Å². The predicted molar refractivity (Wildman–Crippen MR) is 207 cm³/mol. The van der Waals surface area contributed by atoms with Gasteiger partial charge in [0.05, 0.1) is 11.4 Å². The molecule has 0 fully saturated rings. The molecule has 0 spiro atoms. The topological polar surface area (TPSA) is 163 Å². The molecule has 8 heteroatoms. The molecule has 0 aliphatic rings. The number of hydrogen-bond acceptors (Lipinski definition) is 8. The normalized spacial score (nSPS) is 8.83. The number of nitrogens with zero attached hydrogens (tertiary/aromatic N) is 2. The van der Waals surface area contributed by atoms with Crippen LogP contribution in [0.5, 0.6) is 0 Å². The van der Waals surface area contributed by atoms with E-state index in [0.717, 1.165) is 0 Å². The zero-order valence-electron chi connectivity index (χ0n) is 26.9. The number of benzene rings is 5. The Kier molecular flexibility index (Phi) is 19.3. The van der Waals surface area contributed by atoms with E-state index in [9.17, 15) is 9.81 Å². The van der Waals surface area contributed by atoms with Crippen LogP contribution in [-0.4, -0.2) is 0 Å². The lowest BCUT2D eigenvalue weighted by atomic mass is 10.1. The van der Waals surface area contributed by atoms with Gasteiger partial charge < -0.3 is 22.9 Å². The third-order valence-electron chi connectivity index (χ3n) is 6.13. The molecule has 48 heavy (non-hydrogen) atoms. The minimum atomic E-state index is -0.281. The molecule has 0 unspecified atom stereocenters. The van der Waals surface area contributed by atoms with E-state index in [1.807, 2.05) is 146 Å². The van der Waals surface area contributed by atoms with Crippen molar-refractivity contribution in [3.05, 3.63) is 203 Å². The maximum atomic E-state index is 10.5. The number of nitrogen functional groups attached to an aromatic ring is 1. The Hall–Kier alpha value is -6.80. The average molecular weight is 639 g/mol. The minimum Gasteiger partial charge on any atom is -0.396 e. The molecule has 0 radical (unpaired) electrons. The van der Waals surface area contributed by atoms with Gasteiger partial charge in [0.2, 0.25) is 0 Å². The highest BCUT2D eigenvalue weighted by Crippen LogP contribution is 2.37. The van der Waals surface area contributed by atoms with Crippen LogP contribution < -0.4 is 22.9 Å². The summed E-state index contributed by atoms with van der Waals surface area (Å²) in [6, 6.07) is 42.8. The maximum absolute atomic E-state index is 10.5. The fourth-order valence-electron chi connectivity index (χ4n) is 3.51. The summed E-state index contributed by atoms with van der Waals surface area (Å²) in [6.07, 6.45) is 7.33. The Morgan fingerprint density at radius 1 is 0.479 bits per heavy atom. The van der Waals surface area contributed by atoms with Gasteiger partial charge in [0.1, 0.15) is 11.5 Å². The molecule has 0 saturated heterocycles. The lowest BCUT2D eigenvalue weighted by Gasteiger charge is -2.09. The first-order valence-corrected chi connectivity index (χ1v) is 14.6. The summed E-state index contributed by atoms with van der Waals surface area (Å²) in [5.41, 5.74) is 26.1. The second-order valence-corrected chi connectivity index (χ2v) is 9.41. The van der Waals surface area contributed by atoms with Crippen molar-refractivity contribution in [1.29, 1.82) is 0 Å². The largest absolute Gasteiger partial charge is 0.396 e. The molecule has 0 aromatic heterocycles. The third kappa shape index (κ3) is 14.8. The quantitative estimate of drug-likeness (QED) is 0.102. The summed E-state index contributed by atoms with van der Waals surface area (Å²) >= 11 is 0. The van der Waals surface area contributed by atoms with Crippen molar-refractivity contribution in [2.24, 2.45) is 27.6 Å². The van der Waals surface area contributed by atoms with Crippen LogP contribution >= 0.6 is 0 Å². The van der Waals surface area contributed by atoms with Crippen molar-refractivity contribution in [1.82, 2.24) is 0 Å². The van der Waals surface area contributed by atoms with Crippen molar-refractivity contribution in [2.45, 2.75) is 0 Å². The van der Waals surface area contributed by atoms with E-state index < -0.39 is 0 Å². The van der Waals surface area contributed by atoms with E-state index in [-0.39, 0.29) is 34.1 Å². The summed E-state index contributed by atoms with van der Waals surface area (Å²) in [6.45, 7) is 14.5. The molecule has 0 saturated carbocycles.